The fraction of sp³-hybridized carbons (Fsp3) is 0.190. The van der Waals surface area contributed by atoms with Gasteiger partial charge in [0.2, 0.25) is 0 Å². The van der Waals surface area contributed by atoms with Crippen molar-refractivity contribution in [2.24, 2.45) is 0 Å². The van der Waals surface area contributed by atoms with E-state index in [4.69, 9.17) is 27.9 Å². The lowest BCUT2D eigenvalue weighted by atomic mass is 9.95. The summed E-state index contributed by atoms with van der Waals surface area (Å²) < 4.78 is 47.7. The molecule has 168 valence electrons. The van der Waals surface area contributed by atoms with Crippen molar-refractivity contribution in [3.8, 4) is 5.75 Å². The highest BCUT2D eigenvalue weighted by atomic mass is 35.5. The molecule has 4 rings (SSSR count). The molecule has 0 fully saturated rings. The van der Waals surface area contributed by atoms with E-state index in [1.807, 2.05) is 24.3 Å². The molecule has 1 aliphatic rings. The van der Waals surface area contributed by atoms with Crippen LogP contribution in [0.5, 0.6) is 5.75 Å². The maximum Gasteiger partial charge on any atom is 0.266 e. The van der Waals surface area contributed by atoms with E-state index >= 15 is 0 Å². The van der Waals surface area contributed by atoms with Crippen molar-refractivity contribution < 1.29 is 17.5 Å². The molecule has 0 radical (unpaired) electrons. The van der Waals surface area contributed by atoms with Crippen LogP contribution in [-0.2, 0) is 10.0 Å². The number of hydrogen-bond acceptors (Lipinski definition) is 6. The second-order valence-electron chi connectivity index (χ2n) is 7.00. The monoisotopic (exact) mass is 513 g/mol. The van der Waals surface area contributed by atoms with Gasteiger partial charge in [0.25, 0.3) is 10.0 Å². The number of benzene rings is 2. The molecule has 1 aliphatic heterocycles. The predicted molar refractivity (Wildman–Crippen MR) is 126 cm³/mol. The molecule has 2 heterocycles. The smallest absolute Gasteiger partial charge is 0.266 e. The average Bonchev–Trinajstić information content (AvgIpc) is 3.27. The minimum atomic E-state index is -4.19. The molecule has 0 saturated heterocycles. The third-order valence-corrected chi connectivity index (χ3v) is 7.36. The molecular formula is C21H18Cl2FN3O3S2. The number of nitrogens with one attached hydrogen (secondary N) is 2. The van der Waals surface area contributed by atoms with Gasteiger partial charge in [0.15, 0.2) is 5.82 Å². The predicted octanol–water partition coefficient (Wildman–Crippen LogP) is 5.22. The van der Waals surface area contributed by atoms with Crippen LogP contribution >= 0.6 is 34.5 Å². The van der Waals surface area contributed by atoms with Crippen molar-refractivity contribution in [1.82, 2.24) is 10.3 Å². The van der Waals surface area contributed by atoms with Crippen molar-refractivity contribution >= 4 is 56.0 Å². The Hall–Kier alpha value is -2.17. The van der Waals surface area contributed by atoms with Gasteiger partial charge in [-0.25, -0.2) is 17.8 Å². The summed E-state index contributed by atoms with van der Waals surface area (Å²) in [5, 5.41) is 5.44. The highest BCUT2D eigenvalue weighted by Crippen LogP contribution is 2.32. The molecule has 6 nitrogen and oxygen atoms in total. The van der Waals surface area contributed by atoms with Gasteiger partial charge in [0, 0.05) is 23.0 Å². The number of sulfonamides is 1. The molecule has 3 aromatic rings. The van der Waals surface area contributed by atoms with E-state index in [9.17, 15) is 12.8 Å². The molecule has 2 N–H and O–H groups in total. The van der Waals surface area contributed by atoms with Crippen LogP contribution in [0.1, 0.15) is 12.0 Å². The van der Waals surface area contributed by atoms with E-state index < -0.39 is 20.7 Å². The summed E-state index contributed by atoms with van der Waals surface area (Å²) >= 11 is 13.4. The lowest BCUT2D eigenvalue weighted by Gasteiger charge is -2.22. The van der Waals surface area contributed by atoms with Crippen LogP contribution in [0.2, 0.25) is 10.0 Å². The lowest BCUT2D eigenvalue weighted by molar-refractivity contribution is 0.344. The van der Waals surface area contributed by atoms with Crippen molar-refractivity contribution in [2.45, 2.75) is 11.3 Å². The van der Waals surface area contributed by atoms with Gasteiger partial charge in [0.05, 0.1) is 10.5 Å². The Morgan fingerprint density at radius 3 is 2.72 bits per heavy atom. The summed E-state index contributed by atoms with van der Waals surface area (Å²) in [4.78, 5) is 3.26. The molecule has 11 heteroatoms. The normalized spacial score (nSPS) is 14.5. The Labute approximate surface area is 199 Å². The van der Waals surface area contributed by atoms with Crippen molar-refractivity contribution in [1.29, 1.82) is 0 Å². The fourth-order valence-electron chi connectivity index (χ4n) is 3.32. The molecule has 0 saturated carbocycles. The van der Waals surface area contributed by atoms with Crippen LogP contribution in [-0.4, -0.2) is 33.1 Å². The van der Waals surface area contributed by atoms with Crippen LogP contribution in [0.3, 0.4) is 0 Å². The zero-order chi connectivity index (χ0) is 22.7. The number of aromatic nitrogens is 1. The molecule has 2 aromatic carbocycles. The van der Waals surface area contributed by atoms with Crippen LogP contribution in [0.4, 0.5) is 10.2 Å². The Bertz CT molecular complexity index is 1250. The minimum Gasteiger partial charge on any atom is -0.488 e. The SMILES string of the molecule is O=S(=O)(Nc1cscn1)c1cc(Cl)c(OCC2=C(c3ccc(Cl)cc3)CCNC2)cc1F. The number of thiazole rings is 1. The topological polar surface area (TPSA) is 80.3 Å². The summed E-state index contributed by atoms with van der Waals surface area (Å²) in [6.07, 6.45) is 0.807. The van der Waals surface area contributed by atoms with Gasteiger partial charge in [0.1, 0.15) is 23.1 Å². The maximum atomic E-state index is 14.7. The summed E-state index contributed by atoms with van der Waals surface area (Å²) in [5.74, 6) is -0.802. The first-order chi connectivity index (χ1) is 15.3. The molecule has 32 heavy (non-hydrogen) atoms. The van der Waals surface area contributed by atoms with Crippen molar-refractivity contribution in [3.05, 3.63) is 74.3 Å². The number of hydrogen-bond donors (Lipinski definition) is 2. The number of ether oxygens (including phenoxy) is 1. The van der Waals surface area contributed by atoms with E-state index in [1.165, 1.54) is 22.2 Å². The van der Waals surface area contributed by atoms with Gasteiger partial charge in [-0.2, -0.15) is 0 Å². The van der Waals surface area contributed by atoms with Crippen LogP contribution in [0.15, 0.2) is 57.8 Å². The van der Waals surface area contributed by atoms with Crippen molar-refractivity contribution in [3.63, 3.8) is 0 Å². The van der Waals surface area contributed by atoms with Gasteiger partial charge in [-0.05, 0) is 47.9 Å². The first-order valence-corrected chi connectivity index (χ1v) is 12.7. The highest BCUT2D eigenvalue weighted by molar-refractivity contribution is 7.92. The first-order valence-electron chi connectivity index (χ1n) is 9.54. The first kappa shape index (κ1) is 23.0. The largest absolute Gasteiger partial charge is 0.488 e. The number of nitrogens with zero attached hydrogens (tertiary/aromatic N) is 1. The Kier molecular flexibility index (Phi) is 7.02. The zero-order valence-electron chi connectivity index (χ0n) is 16.6. The summed E-state index contributed by atoms with van der Waals surface area (Å²) in [6, 6.07) is 9.57. The standard InChI is InChI=1S/C21H18Cl2FN3O3S2/c22-15-3-1-13(2-4-15)16-5-6-25-9-14(16)10-30-19-8-18(24)20(7-17(19)23)32(28,29)27-21-11-31-12-26-21/h1-4,7-8,11-12,25,27H,5-6,9-10H2. The molecule has 0 aliphatic carbocycles. The molecule has 0 bridgehead atoms. The zero-order valence-corrected chi connectivity index (χ0v) is 19.7. The number of rotatable bonds is 7. The second-order valence-corrected chi connectivity index (χ2v) is 10.2. The average molecular weight is 514 g/mol. The Morgan fingerprint density at radius 1 is 1.22 bits per heavy atom. The number of anilines is 1. The number of halogens is 3. The van der Waals surface area contributed by atoms with Crippen LogP contribution in [0, 0.1) is 5.82 Å². The van der Waals surface area contributed by atoms with E-state index in [-0.39, 0.29) is 23.2 Å². The fourth-order valence-corrected chi connectivity index (χ4v) is 5.37. The lowest BCUT2D eigenvalue weighted by Crippen LogP contribution is -2.27. The maximum absolute atomic E-state index is 14.7. The molecule has 1 aromatic heterocycles. The van der Waals surface area contributed by atoms with Gasteiger partial charge < -0.3 is 10.1 Å². The van der Waals surface area contributed by atoms with Gasteiger partial charge in [-0.1, -0.05) is 35.3 Å². The van der Waals surface area contributed by atoms with E-state index in [0.717, 1.165) is 41.8 Å². The molecule has 0 amide bonds. The third kappa shape index (κ3) is 5.24. The molecule has 0 unspecified atom stereocenters. The molecular weight excluding hydrogens is 496 g/mol. The molecule has 0 atom stereocenters. The van der Waals surface area contributed by atoms with Gasteiger partial charge >= 0.3 is 0 Å². The Morgan fingerprint density at radius 2 is 2.00 bits per heavy atom. The third-order valence-electron chi connectivity index (χ3n) is 4.86. The minimum absolute atomic E-state index is 0.0116. The quantitative estimate of drug-likeness (QED) is 0.452. The van der Waals surface area contributed by atoms with E-state index in [1.54, 1.807) is 0 Å². The summed E-state index contributed by atoms with van der Waals surface area (Å²) in [6.45, 7) is 1.62. The summed E-state index contributed by atoms with van der Waals surface area (Å²) in [7, 11) is -4.19. The molecule has 0 spiro atoms. The van der Waals surface area contributed by atoms with Gasteiger partial charge in [-0.15, -0.1) is 11.3 Å². The van der Waals surface area contributed by atoms with E-state index in [2.05, 4.69) is 15.0 Å². The van der Waals surface area contributed by atoms with E-state index in [0.29, 0.717) is 11.6 Å². The van der Waals surface area contributed by atoms with Crippen LogP contribution < -0.4 is 14.8 Å². The second kappa shape index (κ2) is 9.76. The van der Waals surface area contributed by atoms with Crippen LogP contribution in [0.25, 0.3) is 5.57 Å². The van der Waals surface area contributed by atoms with Gasteiger partial charge in [-0.3, -0.25) is 4.72 Å². The summed E-state index contributed by atoms with van der Waals surface area (Å²) in [5.41, 5.74) is 4.63. The highest BCUT2D eigenvalue weighted by Gasteiger charge is 2.23. The van der Waals surface area contributed by atoms with Crippen molar-refractivity contribution in [2.75, 3.05) is 24.4 Å². The Balaban J connectivity index is 1.55.